The van der Waals surface area contributed by atoms with Crippen LogP contribution in [0.15, 0.2) is 54.6 Å². The average Bonchev–Trinajstić information content (AvgIpc) is 2.59. The van der Waals surface area contributed by atoms with Crippen molar-refractivity contribution in [3.63, 3.8) is 0 Å². The van der Waals surface area contributed by atoms with Crippen molar-refractivity contribution in [3.05, 3.63) is 60.2 Å². The lowest BCUT2D eigenvalue weighted by Gasteiger charge is -2.26. The minimum atomic E-state index is -0.599. The Morgan fingerprint density at radius 3 is 2.59 bits per heavy atom. The van der Waals surface area contributed by atoms with Crippen LogP contribution >= 0.6 is 0 Å². The van der Waals surface area contributed by atoms with E-state index in [-0.39, 0.29) is 18.4 Å². The summed E-state index contributed by atoms with van der Waals surface area (Å²) in [6, 6.07) is 17.5. The number of nitrogens with one attached hydrogen (secondary N) is 1. The molecule has 0 fully saturated rings. The molecule has 1 aliphatic heterocycles. The number of fused-ring (bicyclic) bond motifs is 1. The van der Waals surface area contributed by atoms with E-state index in [0.29, 0.717) is 18.0 Å². The lowest BCUT2D eigenvalue weighted by molar-refractivity contribution is -0.130. The maximum atomic E-state index is 12.2. The number of carbonyl (C=O) groups excluding carboxylic acids is 1. The van der Waals surface area contributed by atoms with Gasteiger partial charge in [0, 0.05) is 6.54 Å². The highest BCUT2D eigenvalue weighted by Gasteiger charge is 2.27. The molecular formula is C18H19NO3. The highest BCUT2D eigenvalue weighted by Crippen LogP contribution is 2.30. The van der Waals surface area contributed by atoms with E-state index in [2.05, 4.69) is 24.4 Å². The predicted molar refractivity (Wildman–Crippen MR) is 84.2 cm³/mol. The van der Waals surface area contributed by atoms with Gasteiger partial charge in [-0.1, -0.05) is 49.4 Å². The molecule has 3 rings (SSSR count). The van der Waals surface area contributed by atoms with Gasteiger partial charge in [-0.15, -0.1) is 0 Å². The Morgan fingerprint density at radius 1 is 1.14 bits per heavy atom. The van der Waals surface area contributed by atoms with Crippen molar-refractivity contribution >= 4 is 5.91 Å². The van der Waals surface area contributed by atoms with Crippen LogP contribution < -0.4 is 14.8 Å². The average molecular weight is 297 g/mol. The molecule has 0 saturated heterocycles. The minimum absolute atomic E-state index is 0.141. The standard InChI is InChI=1S/C18H19NO3/c1-13(14-7-3-2-4-8-14)11-19-18(20)17-12-21-15-9-5-6-10-16(15)22-17/h2-10,13,17H,11-12H2,1H3,(H,19,20). The number of amides is 1. The highest BCUT2D eigenvalue weighted by atomic mass is 16.6. The summed E-state index contributed by atoms with van der Waals surface area (Å²) < 4.78 is 11.3. The molecule has 1 N–H and O–H groups in total. The van der Waals surface area contributed by atoms with Crippen molar-refractivity contribution in [2.24, 2.45) is 0 Å². The van der Waals surface area contributed by atoms with Gasteiger partial charge in [-0.25, -0.2) is 0 Å². The lowest BCUT2D eigenvalue weighted by atomic mass is 10.0. The predicted octanol–water partition coefficient (Wildman–Crippen LogP) is 2.75. The summed E-state index contributed by atoms with van der Waals surface area (Å²) in [6.45, 7) is 2.90. The van der Waals surface area contributed by atoms with Gasteiger partial charge in [-0.2, -0.15) is 0 Å². The van der Waals surface area contributed by atoms with Gasteiger partial charge in [0.1, 0.15) is 6.61 Å². The fourth-order valence-electron chi connectivity index (χ4n) is 2.42. The van der Waals surface area contributed by atoms with E-state index in [0.717, 1.165) is 0 Å². The van der Waals surface area contributed by atoms with Gasteiger partial charge in [0.15, 0.2) is 11.5 Å². The molecule has 1 heterocycles. The molecule has 0 aromatic heterocycles. The Balaban J connectivity index is 1.55. The maximum Gasteiger partial charge on any atom is 0.264 e. The third-order valence-corrected chi connectivity index (χ3v) is 3.75. The molecule has 0 saturated carbocycles. The molecule has 4 heteroatoms. The van der Waals surface area contributed by atoms with E-state index in [9.17, 15) is 4.79 Å². The maximum absolute atomic E-state index is 12.2. The first-order chi connectivity index (χ1) is 10.7. The molecular weight excluding hydrogens is 278 g/mol. The number of rotatable bonds is 4. The quantitative estimate of drug-likeness (QED) is 0.944. The van der Waals surface area contributed by atoms with E-state index in [1.54, 1.807) is 6.07 Å². The second kappa shape index (κ2) is 6.52. The molecule has 4 nitrogen and oxygen atoms in total. The van der Waals surface area contributed by atoms with Crippen LogP contribution in [-0.2, 0) is 4.79 Å². The van der Waals surface area contributed by atoms with Gasteiger partial charge >= 0.3 is 0 Å². The van der Waals surface area contributed by atoms with Crippen molar-refractivity contribution in [2.45, 2.75) is 18.9 Å². The van der Waals surface area contributed by atoms with Crippen LogP contribution in [0.5, 0.6) is 11.5 Å². The minimum Gasteiger partial charge on any atom is -0.485 e. The Labute approximate surface area is 130 Å². The molecule has 0 spiro atoms. The van der Waals surface area contributed by atoms with Gasteiger partial charge < -0.3 is 14.8 Å². The summed E-state index contributed by atoms with van der Waals surface area (Å²) in [7, 11) is 0. The SMILES string of the molecule is CC(CNC(=O)C1COc2ccccc2O1)c1ccccc1. The summed E-state index contributed by atoms with van der Waals surface area (Å²) in [4.78, 5) is 12.2. The molecule has 2 atom stereocenters. The molecule has 114 valence electrons. The number of carbonyl (C=O) groups is 1. The van der Waals surface area contributed by atoms with Crippen LogP contribution in [0.4, 0.5) is 0 Å². The molecule has 1 amide bonds. The summed E-state index contributed by atoms with van der Waals surface area (Å²) in [6.07, 6.45) is -0.599. The van der Waals surface area contributed by atoms with Gasteiger partial charge in [0.25, 0.3) is 5.91 Å². The molecule has 2 unspecified atom stereocenters. The largest absolute Gasteiger partial charge is 0.485 e. The zero-order valence-electron chi connectivity index (χ0n) is 12.5. The first-order valence-electron chi connectivity index (χ1n) is 7.45. The first-order valence-corrected chi connectivity index (χ1v) is 7.45. The van der Waals surface area contributed by atoms with Crippen LogP contribution in [-0.4, -0.2) is 25.2 Å². The summed E-state index contributed by atoms with van der Waals surface area (Å²) in [5.41, 5.74) is 1.20. The Hall–Kier alpha value is -2.49. The summed E-state index contributed by atoms with van der Waals surface area (Å²) >= 11 is 0. The summed E-state index contributed by atoms with van der Waals surface area (Å²) in [5, 5.41) is 2.94. The second-order valence-electron chi connectivity index (χ2n) is 5.42. The number of hydrogen-bond donors (Lipinski definition) is 1. The van der Waals surface area contributed by atoms with Crippen molar-refractivity contribution in [3.8, 4) is 11.5 Å². The van der Waals surface area contributed by atoms with Crippen LogP contribution in [0.25, 0.3) is 0 Å². The van der Waals surface area contributed by atoms with E-state index in [1.165, 1.54) is 5.56 Å². The van der Waals surface area contributed by atoms with E-state index < -0.39 is 6.10 Å². The molecule has 1 aliphatic rings. The van der Waals surface area contributed by atoms with Crippen LogP contribution in [0, 0.1) is 0 Å². The van der Waals surface area contributed by atoms with Crippen molar-refractivity contribution in [1.82, 2.24) is 5.32 Å². The van der Waals surface area contributed by atoms with E-state index >= 15 is 0 Å². The van der Waals surface area contributed by atoms with Crippen LogP contribution in [0.1, 0.15) is 18.4 Å². The fraction of sp³-hybridized carbons (Fsp3) is 0.278. The van der Waals surface area contributed by atoms with Gasteiger partial charge in [-0.3, -0.25) is 4.79 Å². The van der Waals surface area contributed by atoms with Gasteiger partial charge in [0.2, 0.25) is 6.10 Å². The normalized spacial score (nSPS) is 17.6. The number of ether oxygens (including phenoxy) is 2. The number of hydrogen-bond acceptors (Lipinski definition) is 3. The van der Waals surface area contributed by atoms with Crippen molar-refractivity contribution in [1.29, 1.82) is 0 Å². The molecule has 0 aliphatic carbocycles. The topological polar surface area (TPSA) is 47.6 Å². The number of benzene rings is 2. The van der Waals surface area contributed by atoms with Crippen molar-refractivity contribution < 1.29 is 14.3 Å². The Bertz CT molecular complexity index is 642. The third kappa shape index (κ3) is 3.22. The molecule has 2 aromatic carbocycles. The zero-order chi connectivity index (χ0) is 15.4. The van der Waals surface area contributed by atoms with E-state index in [1.807, 2.05) is 36.4 Å². The Kier molecular flexibility index (Phi) is 4.28. The highest BCUT2D eigenvalue weighted by molar-refractivity contribution is 5.81. The second-order valence-corrected chi connectivity index (χ2v) is 5.42. The Morgan fingerprint density at radius 2 is 1.82 bits per heavy atom. The molecule has 2 aromatic rings. The summed E-state index contributed by atoms with van der Waals surface area (Å²) in [5.74, 6) is 1.41. The van der Waals surface area contributed by atoms with Gasteiger partial charge in [0.05, 0.1) is 0 Å². The van der Waals surface area contributed by atoms with Gasteiger partial charge in [-0.05, 0) is 23.6 Å². The lowest BCUT2D eigenvalue weighted by Crippen LogP contribution is -2.44. The fourth-order valence-corrected chi connectivity index (χ4v) is 2.42. The first kappa shape index (κ1) is 14.4. The molecule has 0 bridgehead atoms. The number of para-hydroxylation sites is 2. The zero-order valence-corrected chi connectivity index (χ0v) is 12.5. The molecule has 22 heavy (non-hydrogen) atoms. The monoisotopic (exact) mass is 297 g/mol. The smallest absolute Gasteiger partial charge is 0.264 e. The molecule has 0 radical (unpaired) electrons. The van der Waals surface area contributed by atoms with E-state index in [4.69, 9.17) is 9.47 Å². The van der Waals surface area contributed by atoms with Crippen LogP contribution in [0.3, 0.4) is 0 Å². The van der Waals surface area contributed by atoms with Crippen LogP contribution in [0.2, 0.25) is 0 Å². The van der Waals surface area contributed by atoms with Crippen molar-refractivity contribution in [2.75, 3.05) is 13.2 Å². The third-order valence-electron chi connectivity index (χ3n) is 3.75.